The molecule has 78 valence electrons. The van der Waals surface area contributed by atoms with Crippen LogP contribution in [0.4, 0.5) is 0 Å². The molecule has 14 heavy (non-hydrogen) atoms. The largest absolute Gasteiger partial charge is 0.224 e. The van der Waals surface area contributed by atoms with E-state index < -0.39 is 9.84 Å². The van der Waals surface area contributed by atoms with Crippen LogP contribution in [0.1, 0.15) is 23.6 Å². The Balaban J connectivity index is 3.43. The lowest BCUT2D eigenvalue weighted by atomic mass is 10.0. The topological polar surface area (TPSA) is 34.1 Å². The molecule has 0 atom stereocenters. The number of hydrogen-bond donors (Lipinski definition) is 0. The Morgan fingerprint density at radius 2 is 1.57 bits per heavy atom. The highest BCUT2D eigenvalue weighted by molar-refractivity contribution is 7.90. The maximum atomic E-state index is 11.3. The van der Waals surface area contributed by atoms with Gasteiger partial charge in [0.15, 0.2) is 9.84 Å². The third-order valence-electron chi connectivity index (χ3n) is 2.45. The van der Waals surface area contributed by atoms with Crippen molar-refractivity contribution in [3.8, 4) is 0 Å². The molecule has 0 fully saturated rings. The molecule has 0 unspecified atom stereocenters. The molecule has 0 bridgehead atoms. The Hall–Kier alpha value is -0.830. The molecule has 0 amide bonds. The Morgan fingerprint density at radius 3 is 1.86 bits per heavy atom. The molecule has 1 aromatic carbocycles. The summed E-state index contributed by atoms with van der Waals surface area (Å²) in [5.41, 5.74) is 3.37. The molecule has 0 aromatic heterocycles. The zero-order chi connectivity index (χ0) is 10.9. The molecule has 3 heteroatoms. The van der Waals surface area contributed by atoms with Crippen LogP contribution in [0.15, 0.2) is 17.0 Å². The summed E-state index contributed by atoms with van der Waals surface area (Å²) < 4.78 is 22.7. The molecule has 0 spiro atoms. The lowest BCUT2D eigenvalue weighted by molar-refractivity contribution is 0.601. The fraction of sp³-hybridized carbons (Fsp3) is 0.455. The van der Waals surface area contributed by atoms with Crippen molar-refractivity contribution < 1.29 is 8.42 Å². The summed E-state index contributed by atoms with van der Waals surface area (Å²) in [5, 5.41) is 0. The average molecular weight is 212 g/mol. The van der Waals surface area contributed by atoms with Crippen LogP contribution in [-0.4, -0.2) is 14.7 Å². The molecule has 1 rings (SSSR count). The Kier molecular flexibility index (Phi) is 3.00. The first-order valence-corrected chi connectivity index (χ1v) is 6.55. The van der Waals surface area contributed by atoms with Crippen LogP contribution in [0.3, 0.4) is 0 Å². The maximum absolute atomic E-state index is 11.3. The monoisotopic (exact) mass is 212 g/mol. The average Bonchev–Trinajstić information content (AvgIpc) is 2.01. The second-order valence-electron chi connectivity index (χ2n) is 3.66. The van der Waals surface area contributed by atoms with Crippen LogP contribution in [0.2, 0.25) is 0 Å². The van der Waals surface area contributed by atoms with Crippen molar-refractivity contribution in [3.05, 3.63) is 28.8 Å². The second-order valence-corrected chi connectivity index (χ2v) is 5.68. The minimum absolute atomic E-state index is 0.421. The highest BCUT2D eigenvalue weighted by atomic mass is 32.2. The zero-order valence-electron chi connectivity index (χ0n) is 9.09. The van der Waals surface area contributed by atoms with Gasteiger partial charge in [-0.1, -0.05) is 6.92 Å². The van der Waals surface area contributed by atoms with E-state index in [1.165, 1.54) is 11.8 Å². The van der Waals surface area contributed by atoms with Gasteiger partial charge in [-0.2, -0.15) is 0 Å². The summed E-state index contributed by atoms with van der Waals surface area (Å²) >= 11 is 0. The summed E-state index contributed by atoms with van der Waals surface area (Å²) in [6.45, 7) is 6.00. The highest BCUT2D eigenvalue weighted by Crippen LogP contribution is 2.20. The highest BCUT2D eigenvalue weighted by Gasteiger charge is 2.10. The van der Waals surface area contributed by atoms with Crippen molar-refractivity contribution in [1.29, 1.82) is 0 Å². The van der Waals surface area contributed by atoms with E-state index >= 15 is 0 Å². The minimum Gasteiger partial charge on any atom is -0.224 e. The van der Waals surface area contributed by atoms with Gasteiger partial charge >= 0.3 is 0 Å². The van der Waals surface area contributed by atoms with Crippen molar-refractivity contribution in [2.45, 2.75) is 32.1 Å². The van der Waals surface area contributed by atoms with Crippen molar-refractivity contribution in [3.63, 3.8) is 0 Å². The maximum Gasteiger partial charge on any atom is 0.175 e. The molecule has 0 aliphatic rings. The normalized spacial score (nSPS) is 11.7. The van der Waals surface area contributed by atoms with Crippen LogP contribution in [0.25, 0.3) is 0 Å². The quantitative estimate of drug-likeness (QED) is 0.753. The van der Waals surface area contributed by atoms with Gasteiger partial charge < -0.3 is 0 Å². The summed E-state index contributed by atoms with van der Waals surface area (Å²) in [5.74, 6) is 0. The molecule has 0 aliphatic carbocycles. The van der Waals surface area contributed by atoms with E-state index in [4.69, 9.17) is 0 Å². The minimum atomic E-state index is -3.07. The van der Waals surface area contributed by atoms with Crippen molar-refractivity contribution >= 4 is 9.84 Å². The molecule has 0 N–H and O–H groups in total. The predicted octanol–water partition coefficient (Wildman–Crippen LogP) is 2.27. The number of sulfone groups is 1. The zero-order valence-corrected chi connectivity index (χ0v) is 9.90. The van der Waals surface area contributed by atoms with Crippen molar-refractivity contribution in [2.24, 2.45) is 0 Å². The van der Waals surface area contributed by atoms with Gasteiger partial charge in [-0.15, -0.1) is 0 Å². The number of aryl methyl sites for hydroxylation is 2. The van der Waals surface area contributed by atoms with Crippen molar-refractivity contribution in [2.75, 3.05) is 6.26 Å². The molecule has 0 radical (unpaired) electrons. The van der Waals surface area contributed by atoms with Gasteiger partial charge in [-0.05, 0) is 49.1 Å². The second kappa shape index (κ2) is 3.73. The summed E-state index contributed by atoms with van der Waals surface area (Å²) in [6.07, 6.45) is 2.19. The van der Waals surface area contributed by atoms with Gasteiger partial charge in [0.05, 0.1) is 4.90 Å². The van der Waals surface area contributed by atoms with Crippen LogP contribution in [0.5, 0.6) is 0 Å². The lowest BCUT2D eigenvalue weighted by Crippen LogP contribution is -2.01. The molecule has 1 aromatic rings. The molecule has 0 saturated heterocycles. The predicted molar refractivity (Wildman–Crippen MR) is 58.4 cm³/mol. The van der Waals surface area contributed by atoms with Crippen molar-refractivity contribution in [1.82, 2.24) is 0 Å². The third kappa shape index (κ3) is 2.15. The first-order valence-electron chi connectivity index (χ1n) is 4.66. The van der Waals surface area contributed by atoms with E-state index in [-0.39, 0.29) is 0 Å². The molecular weight excluding hydrogens is 196 g/mol. The molecule has 2 nitrogen and oxygen atoms in total. The lowest BCUT2D eigenvalue weighted by Gasteiger charge is -2.09. The van der Waals surface area contributed by atoms with E-state index in [2.05, 4.69) is 6.92 Å². The van der Waals surface area contributed by atoms with Gasteiger partial charge in [0, 0.05) is 6.26 Å². The third-order valence-corrected chi connectivity index (χ3v) is 3.54. The summed E-state index contributed by atoms with van der Waals surface area (Å²) in [7, 11) is -3.07. The van der Waals surface area contributed by atoms with E-state index in [0.717, 1.165) is 17.5 Å². The molecule has 0 saturated carbocycles. The Morgan fingerprint density at radius 1 is 1.14 bits per heavy atom. The molecule has 0 heterocycles. The SMILES string of the molecule is CCc1c(C)cc(S(C)(=O)=O)cc1C. The Labute approximate surface area is 85.9 Å². The summed E-state index contributed by atoms with van der Waals surface area (Å²) in [6, 6.07) is 3.50. The number of benzene rings is 1. The summed E-state index contributed by atoms with van der Waals surface area (Å²) in [4.78, 5) is 0.421. The Bertz CT molecular complexity index is 421. The number of rotatable bonds is 2. The first kappa shape index (κ1) is 11.2. The molecule has 0 aliphatic heterocycles. The fourth-order valence-electron chi connectivity index (χ4n) is 1.73. The van der Waals surface area contributed by atoms with Crippen LogP contribution in [0, 0.1) is 13.8 Å². The van der Waals surface area contributed by atoms with Crippen LogP contribution >= 0.6 is 0 Å². The van der Waals surface area contributed by atoms with Crippen LogP contribution in [-0.2, 0) is 16.3 Å². The van der Waals surface area contributed by atoms with Gasteiger partial charge in [0.25, 0.3) is 0 Å². The van der Waals surface area contributed by atoms with Gasteiger partial charge in [-0.25, -0.2) is 8.42 Å². The molecular formula is C11H16O2S. The van der Waals surface area contributed by atoms with E-state index in [1.54, 1.807) is 12.1 Å². The standard InChI is InChI=1S/C11H16O2S/c1-5-11-8(2)6-10(7-9(11)3)14(4,12)13/h6-7H,5H2,1-4H3. The van der Waals surface area contributed by atoms with Gasteiger partial charge in [-0.3, -0.25) is 0 Å². The van der Waals surface area contributed by atoms with Gasteiger partial charge in [0.2, 0.25) is 0 Å². The van der Waals surface area contributed by atoms with E-state index in [0.29, 0.717) is 4.90 Å². The van der Waals surface area contributed by atoms with E-state index in [9.17, 15) is 8.42 Å². The van der Waals surface area contributed by atoms with Gasteiger partial charge in [0.1, 0.15) is 0 Å². The van der Waals surface area contributed by atoms with Crippen LogP contribution < -0.4 is 0 Å². The first-order chi connectivity index (χ1) is 6.36. The van der Waals surface area contributed by atoms with E-state index in [1.807, 2.05) is 13.8 Å². The number of hydrogen-bond acceptors (Lipinski definition) is 2. The smallest absolute Gasteiger partial charge is 0.175 e. The fourth-order valence-corrected chi connectivity index (χ4v) is 2.51.